The van der Waals surface area contributed by atoms with Crippen LogP contribution in [0.2, 0.25) is 0 Å². The lowest BCUT2D eigenvalue weighted by atomic mass is 10.2. The normalized spacial score (nSPS) is 11.0. The monoisotopic (exact) mass is 217 g/mol. The van der Waals surface area contributed by atoms with E-state index in [2.05, 4.69) is 28.9 Å². The van der Waals surface area contributed by atoms with Gasteiger partial charge in [0.2, 0.25) is 0 Å². The smallest absolute Gasteiger partial charge is 0.127 e. The summed E-state index contributed by atoms with van der Waals surface area (Å²) in [7, 11) is 0. The van der Waals surface area contributed by atoms with Crippen LogP contribution in [-0.2, 0) is 0 Å². The van der Waals surface area contributed by atoms with Crippen LogP contribution in [-0.4, -0.2) is 19.7 Å². The Hall–Kier alpha value is -1.91. The van der Waals surface area contributed by atoms with Crippen LogP contribution in [0.5, 0.6) is 0 Å². The molecule has 5 heteroatoms. The van der Waals surface area contributed by atoms with Gasteiger partial charge in [-0.05, 0) is 20.8 Å². The molecule has 0 radical (unpaired) electrons. The van der Waals surface area contributed by atoms with E-state index in [1.807, 2.05) is 17.8 Å². The first-order chi connectivity index (χ1) is 7.58. The van der Waals surface area contributed by atoms with Gasteiger partial charge in [-0.3, -0.25) is 4.68 Å². The first-order valence-corrected chi connectivity index (χ1v) is 5.21. The third kappa shape index (κ3) is 1.88. The Kier molecular flexibility index (Phi) is 2.60. The standard InChI is InChI=1S/C11H15N5/c1-7(2)16-5-9(8(3)15-16)10-4-11(12)14-6-13-10/h4-7H,1-3H3,(H2,12,13,14). The number of aromatic nitrogens is 4. The fourth-order valence-electron chi connectivity index (χ4n) is 1.52. The quantitative estimate of drug-likeness (QED) is 0.832. The summed E-state index contributed by atoms with van der Waals surface area (Å²) in [5.41, 5.74) is 8.40. The van der Waals surface area contributed by atoms with Gasteiger partial charge in [0, 0.05) is 23.9 Å². The van der Waals surface area contributed by atoms with E-state index in [0.717, 1.165) is 17.0 Å². The summed E-state index contributed by atoms with van der Waals surface area (Å²) in [4.78, 5) is 8.08. The van der Waals surface area contributed by atoms with Crippen LogP contribution in [0.25, 0.3) is 11.3 Å². The summed E-state index contributed by atoms with van der Waals surface area (Å²) >= 11 is 0. The number of hydrogen-bond donors (Lipinski definition) is 1. The molecule has 0 fully saturated rings. The van der Waals surface area contributed by atoms with Crippen LogP contribution in [0, 0.1) is 6.92 Å². The first kappa shape index (κ1) is 10.6. The second kappa shape index (κ2) is 3.92. The number of aryl methyl sites for hydroxylation is 1. The predicted octanol–water partition coefficient (Wildman–Crippen LogP) is 1.81. The van der Waals surface area contributed by atoms with Crippen LogP contribution in [0.1, 0.15) is 25.6 Å². The van der Waals surface area contributed by atoms with E-state index >= 15 is 0 Å². The number of anilines is 1. The topological polar surface area (TPSA) is 69.6 Å². The van der Waals surface area contributed by atoms with Crippen molar-refractivity contribution in [1.29, 1.82) is 0 Å². The van der Waals surface area contributed by atoms with Gasteiger partial charge >= 0.3 is 0 Å². The van der Waals surface area contributed by atoms with Gasteiger partial charge in [-0.25, -0.2) is 9.97 Å². The Morgan fingerprint density at radius 2 is 2.06 bits per heavy atom. The zero-order valence-corrected chi connectivity index (χ0v) is 9.68. The lowest BCUT2D eigenvalue weighted by Crippen LogP contribution is -2.00. The van der Waals surface area contributed by atoms with Crippen LogP contribution in [0.15, 0.2) is 18.6 Å². The minimum absolute atomic E-state index is 0.339. The zero-order chi connectivity index (χ0) is 11.7. The Labute approximate surface area is 94.3 Å². The maximum Gasteiger partial charge on any atom is 0.127 e. The second-order valence-electron chi connectivity index (χ2n) is 4.03. The van der Waals surface area contributed by atoms with Crippen molar-refractivity contribution in [2.24, 2.45) is 0 Å². The van der Waals surface area contributed by atoms with Crippen molar-refractivity contribution in [2.45, 2.75) is 26.8 Å². The summed E-state index contributed by atoms with van der Waals surface area (Å²) < 4.78 is 1.92. The minimum atomic E-state index is 0.339. The van der Waals surface area contributed by atoms with E-state index in [-0.39, 0.29) is 0 Å². The average molecular weight is 217 g/mol. The second-order valence-corrected chi connectivity index (χ2v) is 4.03. The van der Waals surface area contributed by atoms with E-state index in [0.29, 0.717) is 11.9 Å². The lowest BCUT2D eigenvalue weighted by molar-refractivity contribution is 0.529. The summed E-state index contributed by atoms with van der Waals surface area (Å²) in [6, 6.07) is 2.10. The van der Waals surface area contributed by atoms with Crippen molar-refractivity contribution in [3.8, 4) is 11.3 Å². The van der Waals surface area contributed by atoms with Crippen molar-refractivity contribution >= 4 is 5.82 Å². The first-order valence-electron chi connectivity index (χ1n) is 5.21. The number of nitrogens with zero attached hydrogens (tertiary/aromatic N) is 4. The number of rotatable bonds is 2. The van der Waals surface area contributed by atoms with Gasteiger partial charge in [0.15, 0.2) is 0 Å². The summed E-state index contributed by atoms with van der Waals surface area (Å²) in [6.07, 6.45) is 3.46. The molecule has 2 heterocycles. The number of nitrogens with two attached hydrogens (primary N) is 1. The van der Waals surface area contributed by atoms with E-state index in [4.69, 9.17) is 5.73 Å². The largest absolute Gasteiger partial charge is 0.384 e. The maximum atomic E-state index is 5.63. The van der Waals surface area contributed by atoms with Crippen LogP contribution >= 0.6 is 0 Å². The van der Waals surface area contributed by atoms with E-state index in [1.165, 1.54) is 6.33 Å². The Balaban J connectivity index is 2.48. The molecule has 84 valence electrons. The highest BCUT2D eigenvalue weighted by Gasteiger charge is 2.10. The van der Waals surface area contributed by atoms with Crippen molar-refractivity contribution in [1.82, 2.24) is 19.7 Å². The molecule has 0 amide bonds. The fourth-order valence-corrected chi connectivity index (χ4v) is 1.52. The molecule has 0 unspecified atom stereocenters. The van der Waals surface area contributed by atoms with E-state index in [9.17, 15) is 0 Å². The van der Waals surface area contributed by atoms with Gasteiger partial charge in [0.25, 0.3) is 0 Å². The molecule has 0 atom stereocenters. The van der Waals surface area contributed by atoms with Crippen LogP contribution in [0.3, 0.4) is 0 Å². The SMILES string of the molecule is Cc1nn(C(C)C)cc1-c1cc(N)ncn1. The molecule has 2 aromatic rings. The van der Waals surface area contributed by atoms with Gasteiger partial charge < -0.3 is 5.73 Å². The highest BCUT2D eigenvalue weighted by atomic mass is 15.3. The molecule has 0 saturated heterocycles. The molecule has 16 heavy (non-hydrogen) atoms. The molecule has 0 aliphatic heterocycles. The Morgan fingerprint density at radius 3 is 2.62 bits per heavy atom. The lowest BCUT2D eigenvalue weighted by Gasteiger charge is -2.02. The van der Waals surface area contributed by atoms with Crippen molar-refractivity contribution in [2.75, 3.05) is 5.73 Å². The average Bonchev–Trinajstić information content (AvgIpc) is 2.60. The molecular weight excluding hydrogens is 202 g/mol. The van der Waals surface area contributed by atoms with Gasteiger partial charge in [0.05, 0.1) is 11.4 Å². The molecule has 0 aliphatic rings. The molecule has 0 spiro atoms. The Morgan fingerprint density at radius 1 is 1.31 bits per heavy atom. The van der Waals surface area contributed by atoms with E-state index in [1.54, 1.807) is 6.07 Å². The highest BCUT2D eigenvalue weighted by Crippen LogP contribution is 2.22. The summed E-state index contributed by atoms with van der Waals surface area (Å²) in [5.74, 6) is 0.474. The minimum Gasteiger partial charge on any atom is -0.384 e. The zero-order valence-electron chi connectivity index (χ0n) is 9.68. The van der Waals surface area contributed by atoms with Gasteiger partial charge in [0.1, 0.15) is 12.1 Å². The molecule has 0 aromatic carbocycles. The summed E-state index contributed by atoms with van der Waals surface area (Å²) in [6.45, 7) is 6.14. The number of hydrogen-bond acceptors (Lipinski definition) is 4. The summed E-state index contributed by atoms with van der Waals surface area (Å²) in [5, 5.41) is 4.43. The number of nitrogen functional groups attached to an aromatic ring is 1. The Bertz CT molecular complexity index is 501. The third-order valence-corrected chi connectivity index (χ3v) is 2.41. The molecule has 0 bridgehead atoms. The van der Waals surface area contributed by atoms with Crippen molar-refractivity contribution < 1.29 is 0 Å². The molecule has 0 saturated carbocycles. The molecule has 0 aliphatic carbocycles. The van der Waals surface area contributed by atoms with Gasteiger partial charge in [-0.15, -0.1) is 0 Å². The predicted molar refractivity (Wildman–Crippen MR) is 62.8 cm³/mol. The fraction of sp³-hybridized carbons (Fsp3) is 0.364. The molecule has 2 rings (SSSR count). The molecule has 2 N–H and O–H groups in total. The van der Waals surface area contributed by atoms with Crippen LogP contribution < -0.4 is 5.73 Å². The van der Waals surface area contributed by atoms with Gasteiger partial charge in [-0.2, -0.15) is 5.10 Å². The molecule has 2 aromatic heterocycles. The van der Waals surface area contributed by atoms with Crippen molar-refractivity contribution in [3.05, 3.63) is 24.3 Å². The maximum absolute atomic E-state index is 5.63. The highest BCUT2D eigenvalue weighted by molar-refractivity contribution is 5.62. The van der Waals surface area contributed by atoms with Crippen molar-refractivity contribution in [3.63, 3.8) is 0 Å². The van der Waals surface area contributed by atoms with Gasteiger partial charge in [-0.1, -0.05) is 0 Å². The van der Waals surface area contributed by atoms with E-state index < -0.39 is 0 Å². The third-order valence-electron chi connectivity index (χ3n) is 2.41. The van der Waals surface area contributed by atoms with Crippen LogP contribution in [0.4, 0.5) is 5.82 Å². The molecule has 5 nitrogen and oxygen atoms in total. The molecular formula is C11H15N5.